The fourth-order valence-corrected chi connectivity index (χ4v) is 5.30. The first-order chi connectivity index (χ1) is 15.6. The molecule has 3 atom stereocenters. The zero-order chi connectivity index (χ0) is 22.6. The molecule has 0 spiro atoms. The number of likely N-dealkylation sites (tertiary alicyclic amines) is 1. The second-order valence-electron chi connectivity index (χ2n) is 8.76. The third-order valence-electron chi connectivity index (χ3n) is 6.92. The molecule has 0 bridgehead atoms. The van der Waals surface area contributed by atoms with Crippen molar-refractivity contribution in [2.24, 2.45) is 5.92 Å². The summed E-state index contributed by atoms with van der Waals surface area (Å²) in [7, 11) is 1.64. The van der Waals surface area contributed by atoms with E-state index < -0.39 is 5.60 Å². The molecule has 2 aromatic carbocycles. The van der Waals surface area contributed by atoms with Crippen molar-refractivity contribution in [2.75, 3.05) is 20.3 Å². The number of methoxy groups -OCH3 is 1. The first kappa shape index (κ1) is 22.4. The Morgan fingerprint density at radius 1 is 1.16 bits per heavy atom. The van der Waals surface area contributed by atoms with E-state index in [9.17, 15) is 9.90 Å². The summed E-state index contributed by atoms with van der Waals surface area (Å²) >= 11 is 0. The second kappa shape index (κ2) is 9.78. The Balaban J connectivity index is 1.66. The average Bonchev–Trinajstić information content (AvgIpc) is 2.82. The van der Waals surface area contributed by atoms with E-state index in [0.29, 0.717) is 19.6 Å². The summed E-state index contributed by atoms with van der Waals surface area (Å²) in [4.78, 5) is 15.4. The standard InChI is InChI=1S/C27H33NO4/c1-3-32-24-10-5-4-8-22(24)26-23-9-6-7-17-27(23,30)18-19-28(26)25(29)16-13-20-11-14-21(31-2)15-12-20/h4-5,8,10-16,23,26,30H,3,6-7,9,17-19H2,1-2H3. The quantitative estimate of drug-likeness (QED) is 0.649. The molecule has 170 valence electrons. The van der Waals surface area contributed by atoms with Crippen molar-refractivity contribution in [3.05, 3.63) is 65.7 Å². The molecular formula is C27H33NO4. The smallest absolute Gasteiger partial charge is 0.247 e. The van der Waals surface area contributed by atoms with Crippen molar-refractivity contribution in [2.45, 2.75) is 50.7 Å². The van der Waals surface area contributed by atoms with E-state index in [4.69, 9.17) is 9.47 Å². The zero-order valence-electron chi connectivity index (χ0n) is 19.0. The number of carbonyl (C=O) groups is 1. The van der Waals surface area contributed by atoms with Gasteiger partial charge in [0.15, 0.2) is 0 Å². The lowest BCUT2D eigenvalue weighted by Crippen LogP contribution is -2.56. The Labute approximate surface area is 190 Å². The van der Waals surface area contributed by atoms with E-state index in [-0.39, 0.29) is 17.9 Å². The predicted molar refractivity (Wildman–Crippen MR) is 126 cm³/mol. The Morgan fingerprint density at radius 3 is 2.69 bits per heavy atom. The maximum atomic E-state index is 13.4. The van der Waals surface area contributed by atoms with Gasteiger partial charge in [-0.2, -0.15) is 0 Å². The number of amides is 1. The summed E-state index contributed by atoms with van der Waals surface area (Å²) < 4.78 is 11.1. The van der Waals surface area contributed by atoms with Crippen LogP contribution in [0.2, 0.25) is 0 Å². The van der Waals surface area contributed by atoms with Crippen molar-refractivity contribution < 1.29 is 19.4 Å². The highest BCUT2D eigenvalue weighted by Crippen LogP contribution is 2.50. The maximum Gasteiger partial charge on any atom is 0.247 e. The Hall–Kier alpha value is -2.79. The summed E-state index contributed by atoms with van der Waals surface area (Å²) in [5.41, 5.74) is 1.21. The monoisotopic (exact) mass is 435 g/mol. The van der Waals surface area contributed by atoms with E-state index in [0.717, 1.165) is 48.3 Å². The number of hydrogen-bond donors (Lipinski definition) is 1. The van der Waals surface area contributed by atoms with Crippen LogP contribution in [0.15, 0.2) is 54.6 Å². The summed E-state index contributed by atoms with van der Waals surface area (Å²) in [6, 6.07) is 15.4. The van der Waals surface area contributed by atoms with E-state index in [1.54, 1.807) is 13.2 Å². The minimum Gasteiger partial charge on any atom is -0.497 e. The Morgan fingerprint density at radius 2 is 1.94 bits per heavy atom. The topological polar surface area (TPSA) is 59.0 Å². The van der Waals surface area contributed by atoms with E-state index in [1.165, 1.54) is 0 Å². The molecule has 5 nitrogen and oxygen atoms in total. The normalized spacial score (nSPS) is 25.4. The fraction of sp³-hybridized carbons (Fsp3) is 0.444. The van der Waals surface area contributed by atoms with Crippen molar-refractivity contribution in [3.63, 3.8) is 0 Å². The van der Waals surface area contributed by atoms with Crippen LogP contribution in [0, 0.1) is 5.92 Å². The molecule has 2 aliphatic rings. The van der Waals surface area contributed by atoms with Gasteiger partial charge in [-0.25, -0.2) is 0 Å². The summed E-state index contributed by atoms with van der Waals surface area (Å²) in [6.45, 7) is 3.06. The maximum absolute atomic E-state index is 13.4. The number of fused-ring (bicyclic) bond motifs is 1. The molecule has 0 aromatic heterocycles. The SMILES string of the molecule is CCOc1ccccc1C1C2CCCCC2(O)CCN1C(=O)C=Cc1ccc(OC)cc1. The molecule has 1 amide bonds. The van der Waals surface area contributed by atoms with Crippen LogP contribution in [0.5, 0.6) is 11.5 Å². The van der Waals surface area contributed by atoms with Gasteiger partial charge in [0.1, 0.15) is 11.5 Å². The third-order valence-corrected chi connectivity index (χ3v) is 6.92. The number of nitrogens with zero attached hydrogens (tertiary/aromatic N) is 1. The van der Waals surface area contributed by atoms with Crippen LogP contribution in [-0.4, -0.2) is 41.8 Å². The van der Waals surface area contributed by atoms with Gasteiger partial charge in [-0.15, -0.1) is 0 Å². The lowest BCUT2D eigenvalue weighted by Gasteiger charge is -2.52. The van der Waals surface area contributed by atoms with Gasteiger partial charge in [0.25, 0.3) is 0 Å². The van der Waals surface area contributed by atoms with Crippen LogP contribution in [0.25, 0.3) is 6.08 Å². The number of piperidine rings is 1. The average molecular weight is 436 g/mol. The number of carbonyl (C=O) groups excluding carboxylic acids is 1. The van der Waals surface area contributed by atoms with Gasteiger partial charge in [-0.05, 0) is 56.0 Å². The highest BCUT2D eigenvalue weighted by atomic mass is 16.5. The predicted octanol–water partition coefficient (Wildman–Crippen LogP) is 5.00. The van der Waals surface area contributed by atoms with Crippen molar-refractivity contribution in [1.29, 1.82) is 0 Å². The van der Waals surface area contributed by atoms with Crippen molar-refractivity contribution >= 4 is 12.0 Å². The molecule has 1 saturated heterocycles. The largest absolute Gasteiger partial charge is 0.497 e. The number of aliphatic hydroxyl groups is 1. The van der Waals surface area contributed by atoms with Gasteiger partial charge in [0.05, 0.1) is 25.4 Å². The number of ether oxygens (including phenoxy) is 2. The molecule has 1 aliphatic heterocycles. The van der Waals surface area contributed by atoms with Gasteiger partial charge in [0, 0.05) is 24.1 Å². The number of para-hydroxylation sites is 1. The Bertz CT molecular complexity index is 954. The van der Waals surface area contributed by atoms with E-state index in [1.807, 2.05) is 66.4 Å². The molecule has 1 heterocycles. The second-order valence-corrected chi connectivity index (χ2v) is 8.76. The van der Waals surface area contributed by atoms with E-state index >= 15 is 0 Å². The summed E-state index contributed by atoms with van der Waals surface area (Å²) in [6.07, 6.45) is 7.93. The van der Waals surface area contributed by atoms with Gasteiger partial charge in [-0.3, -0.25) is 4.79 Å². The van der Waals surface area contributed by atoms with Crippen LogP contribution in [0.4, 0.5) is 0 Å². The molecule has 2 aromatic rings. The minimum atomic E-state index is -0.723. The molecule has 1 aliphatic carbocycles. The zero-order valence-corrected chi connectivity index (χ0v) is 19.0. The highest BCUT2D eigenvalue weighted by Gasteiger charge is 2.50. The van der Waals surface area contributed by atoms with Gasteiger partial charge >= 0.3 is 0 Å². The number of benzene rings is 2. The molecule has 2 fully saturated rings. The van der Waals surface area contributed by atoms with Crippen molar-refractivity contribution in [3.8, 4) is 11.5 Å². The van der Waals surface area contributed by atoms with Crippen LogP contribution in [0.3, 0.4) is 0 Å². The first-order valence-corrected chi connectivity index (χ1v) is 11.6. The minimum absolute atomic E-state index is 0.00458. The number of rotatable bonds is 6. The molecule has 32 heavy (non-hydrogen) atoms. The van der Waals surface area contributed by atoms with Crippen LogP contribution in [-0.2, 0) is 4.79 Å². The molecule has 1 saturated carbocycles. The van der Waals surface area contributed by atoms with Crippen LogP contribution in [0.1, 0.15) is 56.2 Å². The van der Waals surface area contributed by atoms with Crippen LogP contribution >= 0.6 is 0 Å². The van der Waals surface area contributed by atoms with Crippen LogP contribution < -0.4 is 9.47 Å². The first-order valence-electron chi connectivity index (χ1n) is 11.6. The molecule has 0 radical (unpaired) electrons. The van der Waals surface area contributed by atoms with Gasteiger partial charge < -0.3 is 19.5 Å². The Kier molecular flexibility index (Phi) is 6.85. The molecular weight excluding hydrogens is 402 g/mol. The van der Waals surface area contributed by atoms with Gasteiger partial charge in [-0.1, -0.05) is 43.2 Å². The highest BCUT2D eigenvalue weighted by molar-refractivity contribution is 5.92. The lowest BCUT2D eigenvalue weighted by atomic mass is 9.66. The van der Waals surface area contributed by atoms with E-state index in [2.05, 4.69) is 0 Å². The summed E-state index contributed by atoms with van der Waals surface area (Å²) in [5, 5.41) is 11.5. The van der Waals surface area contributed by atoms with Crippen molar-refractivity contribution in [1.82, 2.24) is 4.90 Å². The lowest BCUT2D eigenvalue weighted by molar-refractivity contribution is -0.151. The molecule has 5 heteroatoms. The molecule has 1 N–H and O–H groups in total. The molecule has 3 unspecified atom stereocenters. The molecule has 4 rings (SSSR count). The fourth-order valence-electron chi connectivity index (χ4n) is 5.30. The van der Waals surface area contributed by atoms with Gasteiger partial charge in [0.2, 0.25) is 5.91 Å². The third kappa shape index (κ3) is 4.53. The number of hydrogen-bond acceptors (Lipinski definition) is 4. The summed E-state index contributed by atoms with van der Waals surface area (Å²) in [5.74, 6) is 1.55.